The van der Waals surface area contributed by atoms with Gasteiger partial charge in [-0.15, -0.1) is 0 Å². The molecule has 0 radical (unpaired) electrons. The highest BCUT2D eigenvalue weighted by atomic mass is 28.4. The number of amides is 1. The van der Waals surface area contributed by atoms with Gasteiger partial charge in [-0.05, 0) is 52.2 Å². The highest BCUT2D eigenvalue weighted by molar-refractivity contribution is 6.74. The van der Waals surface area contributed by atoms with E-state index in [1.54, 1.807) is 0 Å². The number of hydrogen-bond donors (Lipinski definition) is 1. The van der Waals surface area contributed by atoms with E-state index in [2.05, 4.69) is 85.1 Å². The molecule has 0 aromatic heterocycles. The summed E-state index contributed by atoms with van der Waals surface area (Å²) in [6, 6.07) is -0.117. The maximum absolute atomic E-state index is 12.5. The van der Waals surface area contributed by atoms with Crippen molar-refractivity contribution in [3.63, 3.8) is 0 Å². The maximum atomic E-state index is 12.5. The Morgan fingerprint density at radius 2 is 1.86 bits per heavy atom. The van der Waals surface area contributed by atoms with Gasteiger partial charge < -0.3 is 28.7 Å². The minimum atomic E-state index is -1.82. The molecule has 3 atom stereocenters. The van der Waals surface area contributed by atoms with Crippen LogP contribution >= 0.6 is 0 Å². The zero-order chi connectivity index (χ0) is 27.5. The van der Waals surface area contributed by atoms with E-state index in [0.717, 1.165) is 25.0 Å². The summed E-state index contributed by atoms with van der Waals surface area (Å²) >= 11 is 0. The third-order valence-electron chi connectivity index (χ3n) is 7.96. The topological polar surface area (TPSA) is 78.5 Å². The standard InChI is InChI=1S/C29H51NO6Si/c1-21(10-13-24-16-29(20-34-29)19-28(6,7)35-24)11-15-26-32-17-23(18-33-26)30-25(31)14-12-22(2)36-37(8,9)27(3,4)5/h10-11,13,22-24,26H,12,14-20H2,1-9H3,(H,30,31)/b13-10+,21-11+/t22-,23-,24+,26+,29+/m0/s1. The fourth-order valence-electron chi connectivity index (χ4n) is 4.88. The molecule has 3 aliphatic rings. The van der Waals surface area contributed by atoms with Gasteiger partial charge in [0.2, 0.25) is 5.91 Å². The largest absolute Gasteiger partial charge is 0.414 e. The molecule has 3 rings (SSSR count). The molecule has 212 valence electrons. The zero-order valence-corrected chi connectivity index (χ0v) is 25.6. The van der Waals surface area contributed by atoms with E-state index in [0.29, 0.717) is 32.5 Å². The Morgan fingerprint density at radius 1 is 1.22 bits per heavy atom. The first-order valence-electron chi connectivity index (χ1n) is 14.0. The monoisotopic (exact) mass is 537 g/mol. The van der Waals surface area contributed by atoms with Crippen molar-refractivity contribution < 1.29 is 28.2 Å². The molecule has 7 nitrogen and oxygen atoms in total. The predicted octanol–water partition coefficient (Wildman–Crippen LogP) is 5.65. The molecule has 3 fully saturated rings. The van der Waals surface area contributed by atoms with Crippen molar-refractivity contribution in [2.24, 2.45) is 0 Å². The van der Waals surface area contributed by atoms with E-state index in [-0.39, 0.29) is 46.7 Å². The summed E-state index contributed by atoms with van der Waals surface area (Å²) in [5.41, 5.74) is 1.02. The van der Waals surface area contributed by atoms with E-state index < -0.39 is 8.32 Å². The van der Waals surface area contributed by atoms with Crippen LogP contribution in [0.25, 0.3) is 0 Å². The van der Waals surface area contributed by atoms with Crippen molar-refractivity contribution in [3.05, 3.63) is 23.8 Å². The molecule has 3 saturated heterocycles. The second-order valence-electron chi connectivity index (χ2n) is 13.4. The number of ether oxygens (including phenoxy) is 4. The molecular formula is C29H51NO6Si. The van der Waals surface area contributed by atoms with Crippen LogP contribution in [0.4, 0.5) is 0 Å². The van der Waals surface area contributed by atoms with Gasteiger partial charge in [-0.25, -0.2) is 0 Å². The third kappa shape index (κ3) is 9.58. The van der Waals surface area contributed by atoms with E-state index in [1.165, 1.54) is 0 Å². The Bertz CT molecular complexity index is 828. The van der Waals surface area contributed by atoms with Gasteiger partial charge in [-0.3, -0.25) is 4.79 Å². The Morgan fingerprint density at radius 3 is 2.46 bits per heavy atom. The fourth-order valence-corrected chi connectivity index (χ4v) is 6.36. The number of carbonyl (C=O) groups is 1. The van der Waals surface area contributed by atoms with Crippen molar-refractivity contribution in [2.45, 2.75) is 134 Å². The summed E-state index contributed by atoms with van der Waals surface area (Å²) in [6.07, 6.45) is 9.94. The van der Waals surface area contributed by atoms with Crippen LogP contribution < -0.4 is 5.32 Å². The molecule has 1 N–H and O–H groups in total. The second-order valence-corrected chi connectivity index (χ2v) is 18.2. The molecule has 0 bridgehead atoms. The van der Waals surface area contributed by atoms with Crippen molar-refractivity contribution in [2.75, 3.05) is 19.8 Å². The summed E-state index contributed by atoms with van der Waals surface area (Å²) in [5.74, 6) is 0.0219. The molecule has 0 aromatic rings. The molecule has 37 heavy (non-hydrogen) atoms. The van der Waals surface area contributed by atoms with E-state index in [4.69, 9.17) is 23.4 Å². The molecule has 3 aliphatic heterocycles. The molecular weight excluding hydrogens is 486 g/mol. The summed E-state index contributed by atoms with van der Waals surface area (Å²) in [5, 5.41) is 3.21. The summed E-state index contributed by atoms with van der Waals surface area (Å²) in [6.45, 7) is 21.4. The summed E-state index contributed by atoms with van der Waals surface area (Å²) < 4.78 is 30.0. The SMILES string of the molecule is CC(/C=C/[C@@H]1C[C@]2(CO2)CC(C)(C)O1)=C\C[C@H]1OC[C@@H](NC(=O)CC[C@H](C)O[Si](C)(C)C(C)(C)C)CO1. The molecule has 1 spiro atoms. The Balaban J connectivity index is 1.33. The molecule has 0 unspecified atom stereocenters. The van der Waals surface area contributed by atoms with Crippen LogP contribution in [0.5, 0.6) is 0 Å². The Hall–Kier alpha value is -1.03. The van der Waals surface area contributed by atoms with E-state index in [1.807, 2.05) is 0 Å². The van der Waals surface area contributed by atoms with Crippen LogP contribution in [0.3, 0.4) is 0 Å². The summed E-state index contributed by atoms with van der Waals surface area (Å²) in [4.78, 5) is 12.5. The van der Waals surface area contributed by atoms with Gasteiger partial charge in [0.1, 0.15) is 0 Å². The average molecular weight is 538 g/mol. The van der Waals surface area contributed by atoms with Crippen molar-refractivity contribution >= 4 is 14.2 Å². The predicted molar refractivity (Wildman–Crippen MR) is 149 cm³/mol. The van der Waals surface area contributed by atoms with Gasteiger partial charge in [-0.2, -0.15) is 0 Å². The van der Waals surface area contributed by atoms with Gasteiger partial charge in [-0.1, -0.05) is 44.6 Å². The van der Waals surface area contributed by atoms with Crippen molar-refractivity contribution in [1.82, 2.24) is 5.32 Å². The van der Waals surface area contributed by atoms with E-state index in [9.17, 15) is 4.79 Å². The van der Waals surface area contributed by atoms with Crippen LogP contribution in [-0.4, -0.2) is 69.8 Å². The number of rotatable bonds is 10. The molecule has 0 aliphatic carbocycles. The summed E-state index contributed by atoms with van der Waals surface area (Å²) in [7, 11) is -1.82. The van der Waals surface area contributed by atoms with Crippen molar-refractivity contribution in [3.8, 4) is 0 Å². The van der Waals surface area contributed by atoms with E-state index >= 15 is 0 Å². The Labute approximate surface area is 225 Å². The van der Waals surface area contributed by atoms with Crippen molar-refractivity contribution in [1.29, 1.82) is 0 Å². The van der Waals surface area contributed by atoms with Gasteiger partial charge in [0.25, 0.3) is 0 Å². The molecule has 8 heteroatoms. The number of carbonyl (C=O) groups excluding carboxylic acids is 1. The average Bonchev–Trinajstić information content (AvgIpc) is 3.51. The lowest BCUT2D eigenvalue weighted by Crippen LogP contribution is -2.47. The van der Waals surface area contributed by atoms with Gasteiger partial charge in [0.15, 0.2) is 14.6 Å². The quantitative estimate of drug-likeness (QED) is 0.220. The number of epoxide rings is 1. The minimum absolute atomic E-state index is 0.0219. The molecule has 1 amide bonds. The molecule has 0 saturated carbocycles. The van der Waals surface area contributed by atoms with Crippen LogP contribution in [0, 0.1) is 0 Å². The molecule has 0 aromatic carbocycles. The van der Waals surface area contributed by atoms with Crippen LogP contribution in [0.1, 0.15) is 80.6 Å². The molecule has 3 heterocycles. The van der Waals surface area contributed by atoms with Crippen LogP contribution in [0.15, 0.2) is 23.8 Å². The lowest BCUT2D eigenvalue weighted by atomic mass is 9.85. The van der Waals surface area contributed by atoms with Crippen LogP contribution in [-0.2, 0) is 28.2 Å². The number of allylic oxidation sites excluding steroid dienone is 2. The number of hydrogen-bond acceptors (Lipinski definition) is 6. The Kier molecular flexibility index (Phi) is 9.90. The smallest absolute Gasteiger partial charge is 0.220 e. The third-order valence-corrected chi connectivity index (χ3v) is 12.6. The highest BCUT2D eigenvalue weighted by Gasteiger charge is 2.53. The second kappa shape index (κ2) is 12.0. The fraction of sp³-hybridized carbons (Fsp3) is 0.828. The van der Waals surface area contributed by atoms with Crippen LogP contribution in [0.2, 0.25) is 18.1 Å². The lowest BCUT2D eigenvalue weighted by molar-refractivity contribution is -0.188. The first-order chi connectivity index (χ1) is 17.1. The maximum Gasteiger partial charge on any atom is 0.220 e. The minimum Gasteiger partial charge on any atom is -0.414 e. The lowest BCUT2D eigenvalue weighted by Gasteiger charge is -2.38. The number of nitrogens with one attached hydrogen (secondary N) is 1. The van der Waals surface area contributed by atoms with Gasteiger partial charge >= 0.3 is 0 Å². The zero-order valence-electron chi connectivity index (χ0n) is 24.6. The first kappa shape index (κ1) is 30.5. The van der Waals surface area contributed by atoms with Gasteiger partial charge in [0.05, 0.1) is 43.2 Å². The van der Waals surface area contributed by atoms with Gasteiger partial charge in [0, 0.05) is 31.8 Å². The first-order valence-corrected chi connectivity index (χ1v) is 16.9. The normalized spacial score (nSPS) is 31.5. The highest BCUT2D eigenvalue weighted by Crippen LogP contribution is 2.46.